The molecule has 0 spiro atoms. The van der Waals surface area contributed by atoms with E-state index in [0.29, 0.717) is 5.56 Å². The summed E-state index contributed by atoms with van der Waals surface area (Å²) in [4.78, 5) is 11.5. The van der Waals surface area contributed by atoms with E-state index in [4.69, 9.17) is 0 Å². The van der Waals surface area contributed by atoms with Crippen molar-refractivity contribution in [1.29, 1.82) is 0 Å². The number of ether oxygens (including phenoxy) is 1. The van der Waals surface area contributed by atoms with Gasteiger partial charge in [-0.15, -0.1) is 0 Å². The Bertz CT molecular complexity index is 588. The molecule has 19 heavy (non-hydrogen) atoms. The standard InChI is InChI=1S/C16H15FO2/c1-3-11-4-6-12(7-5-11)13-8-14(16(18)19-2)10-15(17)9-13/h4-10H,3H2,1-2H3. The number of esters is 1. The molecule has 0 aromatic heterocycles. The van der Waals surface area contributed by atoms with E-state index in [9.17, 15) is 9.18 Å². The molecule has 0 aliphatic heterocycles. The topological polar surface area (TPSA) is 26.3 Å². The molecule has 0 aliphatic rings. The number of hydrogen-bond acceptors (Lipinski definition) is 2. The first kappa shape index (κ1) is 13.3. The fourth-order valence-corrected chi connectivity index (χ4v) is 1.92. The molecule has 0 atom stereocenters. The van der Waals surface area contributed by atoms with Crippen LogP contribution >= 0.6 is 0 Å². The van der Waals surface area contributed by atoms with E-state index >= 15 is 0 Å². The lowest BCUT2D eigenvalue weighted by Gasteiger charge is -2.06. The van der Waals surface area contributed by atoms with Gasteiger partial charge in [0.05, 0.1) is 12.7 Å². The maximum absolute atomic E-state index is 13.5. The number of aryl methyl sites for hydroxylation is 1. The van der Waals surface area contributed by atoms with Gasteiger partial charge in [-0.05, 0) is 41.3 Å². The van der Waals surface area contributed by atoms with Crippen LogP contribution in [0.2, 0.25) is 0 Å². The molecule has 0 fully saturated rings. The number of methoxy groups -OCH3 is 1. The van der Waals surface area contributed by atoms with Crippen LogP contribution in [0.5, 0.6) is 0 Å². The third-order valence-electron chi connectivity index (χ3n) is 3.01. The van der Waals surface area contributed by atoms with Gasteiger partial charge in [-0.2, -0.15) is 0 Å². The smallest absolute Gasteiger partial charge is 0.337 e. The molecule has 2 aromatic carbocycles. The van der Waals surface area contributed by atoms with Gasteiger partial charge < -0.3 is 4.74 Å². The molecule has 2 rings (SSSR count). The van der Waals surface area contributed by atoms with Gasteiger partial charge in [0.15, 0.2) is 0 Å². The second kappa shape index (κ2) is 5.65. The molecule has 0 saturated heterocycles. The van der Waals surface area contributed by atoms with Crippen molar-refractivity contribution in [3.05, 3.63) is 59.4 Å². The van der Waals surface area contributed by atoms with E-state index in [1.165, 1.54) is 24.8 Å². The van der Waals surface area contributed by atoms with Gasteiger partial charge in [0.25, 0.3) is 0 Å². The van der Waals surface area contributed by atoms with Gasteiger partial charge in [0.1, 0.15) is 5.82 Å². The van der Waals surface area contributed by atoms with Gasteiger partial charge in [-0.3, -0.25) is 0 Å². The molecule has 98 valence electrons. The molecule has 0 bridgehead atoms. The average molecular weight is 258 g/mol. The fourth-order valence-electron chi connectivity index (χ4n) is 1.92. The van der Waals surface area contributed by atoms with Crippen molar-refractivity contribution < 1.29 is 13.9 Å². The Balaban J connectivity index is 2.43. The minimum absolute atomic E-state index is 0.220. The van der Waals surface area contributed by atoms with Gasteiger partial charge >= 0.3 is 5.97 Å². The van der Waals surface area contributed by atoms with E-state index in [1.807, 2.05) is 24.3 Å². The van der Waals surface area contributed by atoms with Crippen LogP contribution < -0.4 is 0 Å². The zero-order chi connectivity index (χ0) is 13.8. The van der Waals surface area contributed by atoms with Crippen LogP contribution in [0.4, 0.5) is 4.39 Å². The number of carbonyl (C=O) groups excluding carboxylic acids is 1. The molecule has 2 nitrogen and oxygen atoms in total. The van der Waals surface area contributed by atoms with Crippen molar-refractivity contribution in [2.45, 2.75) is 13.3 Å². The maximum Gasteiger partial charge on any atom is 0.337 e. The molecular formula is C16H15FO2. The lowest BCUT2D eigenvalue weighted by molar-refractivity contribution is 0.0600. The predicted octanol–water partition coefficient (Wildman–Crippen LogP) is 3.84. The van der Waals surface area contributed by atoms with Gasteiger partial charge in [0, 0.05) is 0 Å². The quantitative estimate of drug-likeness (QED) is 0.782. The van der Waals surface area contributed by atoms with Crippen molar-refractivity contribution >= 4 is 5.97 Å². The summed E-state index contributed by atoms with van der Waals surface area (Å²) in [7, 11) is 1.28. The van der Waals surface area contributed by atoms with E-state index in [1.54, 1.807) is 6.07 Å². The van der Waals surface area contributed by atoms with Crippen molar-refractivity contribution in [3.63, 3.8) is 0 Å². The monoisotopic (exact) mass is 258 g/mol. The van der Waals surface area contributed by atoms with Crippen molar-refractivity contribution in [1.82, 2.24) is 0 Å². The molecule has 0 N–H and O–H groups in total. The van der Waals surface area contributed by atoms with Crippen LogP contribution in [0.3, 0.4) is 0 Å². The summed E-state index contributed by atoms with van der Waals surface area (Å²) >= 11 is 0. The molecule has 2 aromatic rings. The number of carbonyl (C=O) groups is 1. The number of benzene rings is 2. The van der Waals surface area contributed by atoms with E-state index < -0.39 is 11.8 Å². The minimum Gasteiger partial charge on any atom is -0.465 e. The number of halogens is 1. The zero-order valence-electron chi connectivity index (χ0n) is 10.9. The van der Waals surface area contributed by atoms with Gasteiger partial charge in [0.2, 0.25) is 0 Å². The maximum atomic E-state index is 13.5. The first-order chi connectivity index (χ1) is 9.13. The summed E-state index contributed by atoms with van der Waals surface area (Å²) in [5.74, 6) is -0.983. The molecule has 0 radical (unpaired) electrons. The van der Waals surface area contributed by atoms with Crippen LogP contribution in [0.25, 0.3) is 11.1 Å². The summed E-state index contributed by atoms with van der Waals surface area (Å²) < 4.78 is 18.2. The number of rotatable bonds is 3. The van der Waals surface area contributed by atoms with Crippen LogP contribution in [-0.4, -0.2) is 13.1 Å². The Kier molecular flexibility index (Phi) is 3.95. The van der Waals surface area contributed by atoms with Gasteiger partial charge in [-0.1, -0.05) is 31.2 Å². The third kappa shape index (κ3) is 2.99. The summed E-state index contributed by atoms with van der Waals surface area (Å²) in [5.41, 5.74) is 2.98. The normalized spacial score (nSPS) is 10.3. The minimum atomic E-state index is -0.536. The van der Waals surface area contributed by atoms with Crippen molar-refractivity contribution in [3.8, 4) is 11.1 Å². The Hall–Kier alpha value is -2.16. The highest BCUT2D eigenvalue weighted by molar-refractivity contribution is 5.91. The van der Waals surface area contributed by atoms with Crippen LogP contribution in [-0.2, 0) is 11.2 Å². The van der Waals surface area contributed by atoms with Crippen LogP contribution in [0, 0.1) is 5.82 Å². The largest absolute Gasteiger partial charge is 0.465 e. The summed E-state index contributed by atoms with van der Waals surface area (Å²) in [6.45, 7) is 2.08. The predicted molar refractivity (Wildman–Crippen MR) is 72.6 cm³/mol. The number of hydrogen-bond donors (Lipinski definition) is 0. The van der Waals surface area contributed by atoms with Crippen LogP contribution in [0.1, 0.15) is 22.8 Å². The van der Waals surface area contributed by atoms with Crippen molar-refractivity contribution in [2.24, 2.45) is 0 Å². The molecule has 0 saturated carbocycles. The van der Waals surface area contributed by atoms with E-state index in [2.05, 4.69) is 11.7 Å². The fraction of sp³-hybridized carbons (Fsp3) is 0.188. The van der Waals surface area contributed by atoms with Crippen LogP contribution in [0.15, 0.2) is 42.5 Å². The lowest BCUT2D eigenvalue weighted by Crippen LogP contribution is -2.02. The third-order valence-corrected chi connectivity index (χ3v) is 3.01. The summed E-state index contributed by atoms with van der Waals surface area (Å²) in [6.07, 6.45) is 0.955. The molecule has 3 heteroatoms. The van der Waals surface area contributed by atoms with Gasteiger partial charge in [-0.25, -0.2) is 9.18 Å². The Morgan fingerprint density at radius 3 is 2.37 bits per heavy atom. The van der Waals surface area contributed by atoms with E-state index in [-0.39, 0.29) is 5.56 Å². The Morgan fingerprint density at radius 1 is 1.11 bits per heavy atom. The zero-order valence-corrected chi connectivity index (χ0v) is 10.9. The molecule has 0 aliphatic carbocycles. The highest BCUT2D eigenvalue weighted by Gasteiger charge is 2.10. The highest BCUT2D eigenvalue weighted by atomic mass is 19.1. The lowest BCUT2D eigenvalue weighted by atomic mass is 10.0. The summed E-state index contributed by atoms with van der Waals surface area (Å²) in [5, 5.41) is 0. The molecule has 0 unspecified atom stereocenters. The Morgan fingerprint density at radius 2 is 1.79 bits per heavy atom. The molecular weight excluding hydrogens is 243 g/mol. The highest BCUT2D eigenvalue weighted by Crippen LogP contribution is 2.23. The second-order valence-electron chi connectivity index (χ2n) is 4.27. The SMILES string of the molecule is CCc1ccc(-c2cc(F)cc(C(=O)OC)c2)cc1. The van der Waals surface area contributed by atoms with E-state index in [0.717, 1.165) is 12.0 Å². The second-order valence-corrected chi connectivity index (χ2v) is 4.27. The Labute approximate surface area is 111 Å². The van der Waals surface area contributed by atoms with Crippen molar-refractivity contribution in [2.75, 3.05) is 7.11 Å². The first-order valence-corrected chi connectivity index (χ1v) is 6.12. The first-order valence-electron chi connectivity index (χ1n) is 6.12. The summed E-state index contributed by atoms with van der Waals surface area (Å²) in [6, 6.07) is 12.1. The molecule has 0 amide bonds. The molecule has 0 heterocycles. The average Bonchev–Trinajstić information content (AvgIpc) is 2.45.